The monoisotopic (exact) mass is 293 g/mol. The van der Waals surface area contributed by atoms with E-state index in [-0.39, 0.29) is 18.0 Å². The third-order valence-corrected chi connectivity index (χ3v) is 4.07. The fourth-order valence-corrected chi connectivity index (χ4v) is 3.51. The molecule has 2 bridgehead atoms. The van der Waals surface area contributed by atoms with Crippen LogP contribution in [-0.2, 0) is 24.5 Å². The minimum atomic E-state index is -3.92. The first-order valence-electron chi connectivity index (χ1n) is 6.31. The van der Waals surface area contributed by atoms with Crippen LogP contribution < -0.4 is 0 Å². The van der Waals surface area contributed by atoms with Crippen LogP contribution in [0.3, 0.4) is 0 Å². The molecule has 3 heterocycles. The Kier molecular flexibility index (Phi) is 3.87. The lowest BCUT2D eigenvalue weighted by Crippen LogP contribution is -2.50. The molecule has 3 aliphatic rings. The van der Waals surface area contributed by atoms with Crippen LogP contribution in [0.15, 0.2) is 0 Å². The zero-order valence-electron chi connectivity index (χ0n) is 11.1. The highest BCUT2D eigenvalue weighted by atomic mass is 32.2. The summed E-state index contributed by atoms with van der Waals surface area (Å²) < 4.78 is 32.8. The zero-order chi connectivity index (χ0) is 14.3. The molecule has 19 heavy (non-hydrogen) atoms. The Bertz CT molecular complexity index is 452. The molecule has 110 valence electrons. The van der Waals surface area contributed by atoms with Gasteiger partial charge < -0.3 is 9.29 Å². The third-order valence-electron chi connectivity index (χ3n) is 4.07. The van der Waals surface area contributed by atoms with Gasteiger partial charge in [-0.15, -0.1) is 0 Å². The molecule has 4 atom stereocenters. The Balaban J connectivity index is 0.000000232. The number of carbonyl (C=O) groups is 1. The van der Waals surface area contributed by atoms with E-state index in [9.17, 15) is 4.79 Å². The number of methoxy groups -OCH3 is 1. The molecule has 0 N–H and O–H groups in total. The van der Waals surface area contributed by atoms with Crippen molar-refractivity contribution in [3.05, 3.63) is 0 Å². The predicted molar refractivity (Wildman–Crippen MR) is 63.6 cm³/mol. The quantitative estimate of drug-likeness (QED) is 0.372. The van der Waals surface area contributed by atoms with Crippen LogP contribution in [-0.4, -0.2) is 62.2 Å². The van der Waals surface area contributed by atoms with E-state index in [1.807, 2.05) is 0 Å². The van der Waals surface area contributed by atoms with Gasteiger partial charge in [-0.1, -0.05) is 0 Å². The number of nitrogens with zero attached hydrogens (tertiary/aromatic N) is 1. The molecule has 0 amide bonds. The molecule has 3 aliphatic heterocycles. The smallest absolute Gasteiger partial charge is 0.317 e. The lowest BCUT2D eigenvalue weighted by molar-refractivity contribution is -1.09. The standard InChI is InChI=1S/C10H16NO3.CH4O3S/c1-13-10(12)9-7-3-2-5-11(7)6-4-8(9)14-11;1-5(2,3)4/h7-9H,2-6H2,1H3;1H3,(H,2,3,4)/q+1;/p-1/t7-,8-,9+,11?;/m1./s1. The first kappa shape index (κ1) is 14.7. The molecule has 0 aromatic heterocycles. The summed E-state index contributed by atoms with van der Waals surface area (Å²) in [6, 6.07) is 0.390. The van der Waals surface area contributed by atoms with Crippen molar-refractivity contribution >= 4 is 16.1 Å². The lowest BCUT2D eigenvalue weighted by atomic mass is 9.88. The van der Waals surface area contributed by atoms with E-state index in [4.69, 9.17) is 22.5 Å². The third kappa shape index (κ3) is 2.91. The molecular weight excluding hydrogens is 274 g/mol. The van der Waals surface area contributed by atoms with Crippen LogP contribution in [0.2, 0.25) is 0 Å². The van der Waals surface area contributed by atoms with Crippen molar-refractivity contribution < 1.29 is 32.0 Å². The molecule has 0 aromatic carbocycles. The van der Waals surface area contributed by atoms with E-state index in [0.717, 1.165) is 30.6 Å². The lowest BCUT2D eigenvalue weighted by Gasteiger charge is -2.29. The van der Waals surface area contributed by atoms with E-state index in [0.29, 0.717) is 12.3 Å². The highest BCUT2D eigenvalue weighted by Crippen LogP contribution is 2.48. The second-order valence-corrected chi connectivity index (χ2v) is 6.70. The minimum Gasteiger partial charge on any atom is -0.748 e. The van der Waals surface area contributed by atoms with Crippen molar-refractivity contribution in [3.8, 4) is 0 Å². The van der Waals surface area contributed by atoms with Gasteiger partial charge in [-0.3, -0.25) is 4.79 Å². The maximum Gasteiger partial charge on any atom is 0.317 e. The summed E-state index contributed by atoms with van der Waals surface area (Å²) in [5.41, 5.74) is 0. The number of hydroxylamine groups is 3. The SMILES string of the molecule is COC(=O)[C@H]1[C@H]2CCC[N+]23CC[C@H]1O3.CS(=O)(=O)[O-]. The molecule has 7 nitrogen and oxygen atoms in total. The van der Waals surface area contributed by atoms with Gasteiger partial charge in [0.25, 0.3) is 0 Å². The average molecular weight is 293 g/mol. The molecule has 1 unspecified atom stereocenters. The van der Waals surface area contributed by atoms with Crippen molar-refractivity contribution in [1.82, 2.24) is 0 Å². The number of hydrogen-bond acceptors (Lipinski definition) is 6. The predicted octanol–water partition coefficient (Wildman–Crippen LogP) is -0.366. The van der Waals surface area contributed by atoms with Gasteiger partial charge in [-0.2, -0.15) is 9.48 Å². The van der Waals surface area contributed by atoms with Gasteiger partial charge in [0.1, 0.15) is 31.2 Å². The van der Waals surface area contributed by atoms with E-state index in [1.165, 1.54) is 13.5 Å². The average Bonchev–Trinajstić information content (AvgIpc) is 2.93. The molecule has 8 heteroatoms. The van der Waals surface area contributed by atoms with Gasteiger partial charge >= 0.3 is 5.97 Å². The second-order valence-electron chi connectivity index (χ2n) is 5.29. The second kappa shape index (κ2) is 5.01. The number of fused-ring (bicyclic) bond motifs is 1. The molecular formula is C11H19NO6S. The molecule has 3 rings (SSSR count). The van der Waals surface area contributed by atoms with Gasteiger partial charge in [-0.25, -0.2) is 8.42 Å². The Morgan fingerprint density at radius 3 is 2.58 bits per heavy atom. The van der Waals surface area contributed by atoms with E-state index in [2.05, 4.69) is 0 Å². The highest BCUT2D eigenvalue weighted by Gasteiger charge is 2.66. The number of piperidine rings is 1. The number of rotatable bonds is 1. The zero-order valence-corrected chi connectivity index (χ0v) is 11.9. The van der Waals surface area contributed by atoms with Gasteiger partial charge in [0, 0.05) is 25.5 Å². The first-order valence-corrected chi connectivity index (χ1v) is 8.12. The maximum absolute atomic E-state index is 11.6. The fourth-order valence-electron chi connectivity index (χ4n) is 3.51. The van der Waals surface area contributed by atoms with Crippen LogP contribution in [0, 0.1) is 5.92 Å². The Labute approximate surface area is 112 Å². The largest absolute Gasteiger partial charge is 0.748 e. The van der Waals surface area contributed by atoms with Crippen LogP contribution in [0.4, 0.5) is 0 Å². The van der Waals surface area contributed by atoms with Crippen molar-refractivity contribution in [2.24, 2.45) is 5.92 Å². The van der Waals surface area contributed by atoms with Crippen LogP contribution in [0.1, 0.15) is 19.3 Å². The minimum absolute atomic E-state index is 0.0104. The summed E-state index contributed by atoms with van der Waals surface area (Å²) in [7, 11) is -2.44. The normalized spacial score (nSPS) is 39.4. The van der Waals surface area contributed by atoms with Gasteiger partial charge in [0.15, 0.2) is 0 Å². The molecule has 1 spiro atoms. The molecule has 3 fully saturated rings. The fraction of sp³-hybridized carbons (Fsp3) is 0.909. The number of ether oxygens (including phenoxy) is 1. The Morgan fingerprint density at radius 1 is 1.37 bits per heavy atom. The molecule has 3 saturated heterocycles. The Hall–Kier alpha value is -0.700. The Morgan fingerprint density at radius 2 is 2.00 bits per heavy atom. The number of quaternary nitrogens is 1. The molecule has 0 aliphatic carbocycles. The van der Waals surface area contributed by atoms with Crippen molar-refractivity contribution in [3.63, 3.8) is 0 Å². The molecule has 0 saturated carbocycles. The van der Waals surface area contributed by atoms with Crippen molar-refractivity contribution in [2.75, 3.05) is 26.5 Å². The number of carbonyl (C=O) groups excluding carboxylic acids is 1. The number of esters is 1. The summed E-state index contributed by atoms with van der Waals surface area (Å²) in [4.78, 5) is 17.6. The topological polar surface area (TPSA) is 92.7 Å². The van der Waals surface area contributed by atoms with E-state index in [1.54, 1.807) is 0 Å². The summed E-state index contributed by atoms with van der Waals surface area (Å²) in [6.45, 7) is 2.19. The van der Waals surface area contributed by atoms with E-state index >= 15 is 0 Å². The van der Waals surface area contributed by atoms with Crippen LogP contribution in [0.5, 0.6) is 0 Å². The highest BCUT2D eigenvalue weighted by molar-refractivity contribution is 7.84. The van der Waals surface area contributed by atoms with Gasteiger partial charge in [0.2, 0.25) is 0 Å². The first-order chi connectivity index (χ1) is 8.77. The summed E-state index contributed by atoms with van der Waals surface area (Å²) >= 11 is 0. The van der Waals surface area contributed by atoms with Crippen molar-refractivity contribution in [1.29, 1.82) is 0 Å². The molecule has 0 radical (unpaired) electrons. The van der Waals surface area contributed by atoms with Crippen molar-refractivity contribution in [2.45, 2.75) is 31.4 Å². The summed E-state index contributed by atoms with van der Waals surface area (Å²) in [5.74, 6) is -0.0575. The van der Waals surface area contributed by atoms with Gasteiger partial charge in [-0.05, 0) is 0 Å². The van der Waals surface area contributed by atoms with Crippen LogP contribution >= 0.6 is 0 Å². The number of hydrogen-bond donors (Lipinski definition) is 0. The molecule has 0 aromatic rings. The summed E-state index contributed by atoms with van der Waals surface area (Å²) in [6.07, 6.45) is 4.07. The maximum atomic E-state index is 11.6. The van der Waals surface area contributed by atoms with E-state index < -0.39 is 10.1 Å². The van der Waals surface area contributed by atoms with Crippen LogP contribution in [0.25, 0.3) is 0 Å². The van der Waals surface area contributed by atoms with Gasteiger partial charge in [0.05, 0.1) is 17.2 Å². The summed E-state index contributed by atoms with van der Waals surface area (Å²) in [5, 5.41) is 0.